The maximum Gasteiger partial charge on any atom is 0.336 e. The third kappa shape index (κ3) is 5.02. The summed E-state index contributed by atoms with van der Waals surface area (Å²) in [7, 11) is 0. The summed E-state index contributed by atoms with van der Waals surface area (Å²) in [6.45, 7) is 2.08. The average molecular weight is 406 g/mol. The molecule has 0 bridgehead atoms. The number of hydrogen-bond donors (Lipinski definition) is 1. The zero-order valence-corrected chi connectivity index (χ0v) is 16.1. The van der Waals surface area contributed by atoms with Crippen molar-refractivity contribution >= 4 is 40.1 Å². The van der Waals surface area contributed by atoms with Gasteiger partial charge in [-0.2, -0.15) is 0 Å². The Labute approximate surface area is 165 Å². The van der Waals surface area contributed by atoms with Crippen LogP contribution in [0.2, 0.25) is 10.0 Å². The van der Waals surface area contributed by atoms with Crippen molar-refractivity contribution in [3.05, 3.63) is 74.1 Å². The second kappa shape index (κ2) is 8.46. The van der Waals surface area contributed by atoms with Gasteiger partial charge >= 0.3 is 5.63 Å². The Morgan fingerprint density at radius 1 is 1.15 bits per heavy atom. The van der Waals surface area contributed by atoms with E-state index >= 15 is 0 Å². The molecule has 27 heavy (non-hydrogen) atoms. The minimum atomic E-state index is -0.451. The lowest BCUT2D eigenvalue weighted by molar-refractivity contribution is -0.123. The third-order valence-corrected chi connectivity index (χ3v) is 4.56. The van der Waals surface area contributed by atoms with Crippen LogP contribution in [-0.2, 0) is 11.2 Å². The molecule has 1 aromatic heterocycles. The fourth-order valence-corrected chi connectivity index (χ4v) is 2.97. The van der Waals surface area contributed by atoms with Crippen LogP contribution in [0.5, 0.6) is 5.75 Å². The third-order valence-electron chi connectivity index (χ3n) is 4.01. The Morgan fingerprint density at radius 3 is 2.63 bits per heavy atom. The summed E-state index contributed by atoms with van der Waals surface area (Å²) in [5.41, 5.74) is 1.74. The van der Waals surface area contributed by atoms with Crippen LogP contribution >= 0.6 is 23.2 Å². The highest BCUT2D eigenvalue weighted by Crippen LogP contribution is 2.30. The van der Waals surface area contributed by atoms with Crippen molar-refractivity contribution in [3.8, 4) is 5.75 Å². The predicted molar refractivity (Wildman–Crippen MR) is 106 cm³/mol. The summed E-state index contributed by atoms with van der Waals surface area (Å²) in [4.78, 5) is 23.5. The van der Waals surface area contributed by atoms with Crippen molar-refractivity contribution in [1.29, 1.82) is 0 Å². The van der Waals surface area contributed by atoms with Crippen LogP contribution in [0.15, 0.2) is 51.7 Å². The highest BCUT2D eigenvalue weighted by atomic mass is 35.5. The smallest absolute Gasteiger partial charge is 0.336 e. The van der Waals surface area contributed by atoms with Gasteiger partial charge in [0.15, 0.2) is 6.61 Å². The van der Waals surface area contributed by atoms with Gasteiger partial charge in [-0.3, -0.25) is 4.79 Å². The van der Waals surface area contributed by atoms with Gasteiger partial charge in [0.25, 0.3) is 5.91 Å². The van der Waals surface area contributed by atoms with E-state index in [2.05, 4.69) is 5.32 Å². The minimum Gasteiger partial charge on any atom is -0.482 e. The highest BCUT2D eigenvalue weighted by Gasteiger charge is 2.11. The van der Waals surface area contributed by atoms with E-state index in [4.69, 9.17) is 32.4 Å². The number of hydrogen-bond acceptors (Lipinski definition) is 4. The fourth-order valence-electron chi connectivity index (χ4n) is 2.62. The van der Waals surface area contributed by atoms with Crippen molar-refractivity contribution in [2.24, 2.45) is 0 Å². The van der Waals surface area contributed by atoms with Gasteiger partial charge < -0.3 is 14.5 Å². The van der Waals surface area contributed by atoms with Crippen LogP contribution in [0.4, 0.5) is 0 Å². The van der Waals surface area contributed by atoms with E-state index in [9.17, 15) is 9.59 Å². The second-order valence-corrected chi connectivity index (χ2v) is 6.89. The minimum absolute atomic E-state index is 0.193. The Balaban J connectivity index is 1.57. The molecule has 3 aromatic rings. The quantitative estimate of drug-likeness (QED) is 0.625. The molecule has 2 aromatic carbocycles. The second-order valence-electron chi connectivity index (χ2n) is 6.04. The lowest BCUT2D eigenvalue weighted by Crippen LogP contribution is -2.30. The van der Waals surface area contributed by atoms with E-state index < -0.39 is 5.63 Å². The first kappa shape index (κ1) is 19.3. The number of carbonyl (C=O) groups excluding carboxylic acids is 1. The molecule has 0 fully saturated rings. The summed E-state index contributed by atoms with van der Waals surface area (Å²) in [6, 6.07) is 12.0. The Hall–Kier alpha value is -2.50. The number of halogens is 2. The van der Waals surface area contributed by atoms with Crippen LogP contribution < -0.4 is 15.7 Å². The molecule has 0 unspecified atom stereocenters. The molecule has 0 aliphatic rings. The topological polar surface area (TPSA) is 68.5 Å². The number of fused-ring (bicyclic) bond motifs is 1. The molecule has 0 saturated carbocycles. The standard InChI is InChI=1S/C20H17Cl2NO4/c1-12-8-20(25)27-17-10-18(16(22)9-15(12)17)26-11-19(24)23-7-6-13-2-4-14(21)5-3-13/h2-5,8-10H,6-7,11H2,1H3,(H,23,24). The summed E-state index contributed by atoms with van der Waals surface area (Å²) < 4.78 is 10.6. The van der Waals surface area contributed by atoms with Crippen molar-refractivity contribution in [2.45, 2.75) is 13.3 Å². The summed E-state index contributed by atoms with van der Waals surface area (Å²) in [6.07, 6.45) is 0.685. The highest BCUT2D eigenvalue weighted by molar-refractivity contribution is 6.32. The molecular formula is C20H17Cl2NO4. The van der Waals surface area contributed by atoms with Gasteiger partial charge in [0.1, 0.15) is 11.3 Å². The molecular weight excluding hydrogens is 389 g/mol. The maximum absolute atomic E-state index is 12.0. The van der Waals surface area contributed by atoms with E-state index in [-0.39, 0.29) is 18.3 Å². The normalized spacial score (nSPS) is 10.8. The summed E-state index contributed by atoms with van der Waals surface area (Å²) >= 11 is 12.0. The van der Waals surface area contributed by atoms with Gasteiger partial charge in [0.05, 0.1) is 5.02 Å². The number of aryl methyl sites for hydroxylation is 1. The maximum atomic E-state index is 12.0. The van der Waals surface area contributed by atoms with Crippen molar-refractivity contribution < 1.29 is 13.9 Å². The Morgan fingerprint density at radius 2 is 1.89 bits per heavy atom. The summed E-state index contributed by atoms with van der Waals surface area (Å²) in [5.74, 6) is 0.0107. The molecule has 0 aliphatic heterocycles. The van der Waals surface area contributed by atoms with Crippen molar-refractivity contribution in [3.63, 3.8) is 0 Å². The molecule has 0 saturated heterocycles. The van der Waals surface area contributed by atoms with E-state index in [0.717, 1.165) is 16.5 Å². The van der Waals surface area contributed by atoms with Gasteiger partial charge in [0.2, 0.25) is 0 Å². The number of ether oxygens (including phenoxy) is 1. The molecule has 0 radical (unpaired) electrons. The average Bonchev–Trinajstić information content (AvgIpc) is 2.62. The molecule has 0 atom stereocenters. The van der Waals surface area contributed by atoms with Gasteiger partial charge in [-0.1, -0.05) is 35.3 Å². The van der Waals surface area contributed by atoms with E-state index in [1.165, 1.54) is 12.1 Å². The molecule has 0 spiro atoms. The van der Waals surface area contributed by atoms with Crippen LogP contribution in [-0.4, -0.2) is 19.1 Å². The zero-order valence-electron chi connectivity index (χ0n) is 14.6. The molecule has 7 heteroatoms. The van der Waals surface area contributed by atoms with E-state index in [0.29, 0.717) is 28.6 Å². The predicted octanol–water partition coefficient (Wildman–Crippen LogP) is 4.15. The zero-order chi connectivity index (χ0) is 19.4. The monoisotopic (exact) mass is 405 g/mol. The Bertz CT molecular complexity index is 1030. The molecule has 140 valence electrons. The number of amides is 1. The van der Waals surface area contributed by atoms with Gasteiger partial charge in [-0.05, 0) is 42.7 Å². The van der Waals surface area contributed by atoms with Gasteiger partial charge in [0, 0.05) is 29.1 Å². The number of carbonyl (C=O) groups is 1. The van der Waals surface area contributed by atoms with Gasteiger partial charge in [-0.15, -0.1) is 0 Å². The number of benzene rings is 2. The molecule has 1 N–H and O–H groups in total. The van der Waals surface area contributed by atoms with Crippen LogP contribution in [0.1, 0.15) is 11.1 Å². The first-order valence-electron chi connectivity index (χ1n) is 8.30. The SMILES string of the molecule is Cc1cc(=O)oc2cc(OCC(=O)NCCc3ccc(Cl)cc3)c(Cl)cc12. The molecule has 3 rings (SSSR count). The largest absolute Gasteiger partial charge is 0.482 e. The first-order chi connectivity index (χ1) is 12.9. The fraction of sp³-hybridized carbons (Fsp3) is 0.200. The lowest BCUT2D eigenvalue weighted by Gasteiger charge is -2.10. The van der Waals surface area contributed by atoms with Gasteiger partial charge in [-0.25, -0.2) is 4.79 Å². The molecule has 5 nitrogen and oxygen atoms in total. The van der Waals surface area contributed by atoms with E-state index in [1.54, 1.807) is 13.0 Å². The molecule has 0 aliphatic carbocycles. The van der Waals surface area contributed by atoms with Crippen molar-refractivity contribution in [1.82, 2.24) is 5.32 Å². The first-order valence-corrected chi connectivity index (χ1v) is 9.06. The Kier molecular flexibility index (Phi) is 6.04. The van der Waals surface area contributed by atoms with Crippen LogP contribution in [0, 0.1) is 6.92 Å². The molecule has 1 heterocycles. The molecule has 1 amide bonds. The van der Waals surface area contributed by atoms with E-state index in [1.807, 2.05) is 24.3 Å². The van der Waals surface area contributed by atoms with Crippen LogP contribution in [0.25, 0.3) is 11.0 Å². The number of nitrogens with one attached hydrogen (secondary N) is 1. The lowest BCUT2D eigenvalue weighted by atomic mass is 10.1. The summed E-state index contributed by atoms with van der Waals surface area (Å²) in [5, 5.41) is 4.52. The van der Waals surface area contributed by atoms with Crippen LogP contribution in [0.3, 0.4) is 0 Å². The van der Waals surface area contributed by atoms with Crippen molar-refractivity contribution in [2.75, 3.05) is 13.2 Å². The number of rotatable bonds is 6.